The van der Waals surface area contributed by atoms with E-state index in [1.807, 2.05) is 6.07 Å². The molecule has 19 heavy (non-hydrogen) atoms. The van der Waals surface area contributed by atoms with E-state index in [9.17, 15) is 9.59 Å². The maximum Gasteiger partial charge on any atom is 0.233 e. The Hall–Kier alpha value is -2.73. The summed E-state index contributed by atoms with van der Waals surface area (Å²) in [5, 5.41) is 8.56. The van der Waals surface area contributed by atoms with Crippen molar-refractivity contribution in [1.29, 1.82) is 5.26 Å². The van der Waals surface area contributed by atoms with Gasteiger partial charge < -0.3 is 0 Å². The van der Waals surface area contributed by atoms with Gasteiger partial charge in [0.15, 0.2) is 0 Å². The van der Waals surface area contributed by atoms with E-state index >= 15 is 0 Å². The lowest BCUT2D eigenvalue weighted by Crippen LogP contribution is -2.14. The molecule has 0 spiro atoms. The van der Waals surface area contributed by atoms with Crippen LogP contribution >= 0.6 is 0 Å². The molecule has 3 heteroatoms. The molecule has 0 aliphatic carbocycles. The standard InChI is InChI=1S/C16H11NO2/c17-11-10-12-6-8-14(9-7-12)16(19)15(18)13-4-2-1-3-5-13/h1-9H,10H2. The third-order valence-electron chi connectivity index (χ3n) is 2.74. The highest BCUT2D eigenvalue weighted by molar-refractivity contribution is 6.49. The van der Waals surface area contributed by atoms with Gasteiger partial charge in [0.2, 0.25) is 11.6 Å². The molecule has 0 radical (unpaired) electrons. The highest BCUT2D eigenvalue weighted by Gasteiger charge is 2.17. The summed E-state index contributed by atoms with van der Waals surface area (Å²) in [6.45, 7) is 0. The number of benzene rings is 2. The molecule has 0 bridgehead atoms. The fourth-order valence-electron chi connectivity index (χ4n) is 1.72. The number of rotatable bonds is 4. The van der Waals surface area contributed by atoms with E-state index in [2.05, 4.69) is 0 Å². The predicted molar refractivity (Wildman–Crippen MR) is 70.9 cm³/mol. The molecule has 2 rings (SSSR count). The zero-order chi connectivity index (χ0) is 13.7. The van der Waals surface area contributed by atoms with E-state index in [0.717, 1.165) is 5.56 Å². The van der Waals surface area contributed by atoms with Gasteiger partial charge in [-0.1, -0.05) is 54.6 Å². The molecule has 92 valence electrons. The van der Waals surface area contributed by atoms with Gasteiger partial charge >= 0.3 is 0 Å². The van der Waals surface area contributed by atoms with E-state index in [-0.39, 0.29) is 0 Å². The minimum atomic E-state index is -0.533. The van der Waals surface area contributed by atoms with E-state index in [4.69, 9.17) is 5.26 Å². The van der Waals surface area contributed by atoms with Gasteiger partial charge in [0.1, 0.15) is 0 Å². The molecular formula is C16H11NO2. The molecule has 0 amide bonds. The van der Waals surface area contributed by atoms with Crippen molar-refractivity contribution in [3.05, 3.63) is 71.3 Å². The van der Waals surface area contributed by atoms with Gasteiger partial charge in [-0.05, 0) is 5.56 Å². The second-order valence-corrected chi connectivity index (χ2v) is 4.06. The van der Waals surface area contributed by atoms with E-state index < -0.39 is 11.6 Å². The normalized spacial score (nSPS) is 9.63. The van der Waals surface area contributed by atoms with Gasteiger partial charge in [0, 0.05) is 11.1 Å². The Morgan fingerprint density at radius 3 is 1.89 bits per heavy atom. The van der Waals surface area contributed by atoms with Crippen LogP contribution in [0.1, 0.15) is 26.3 Å². The summed E-state index contributed by atoms with van der Waals surface area (Å²) in [4.78, 5) is 24.0. The topological polar surface area (TPSA) is 57.9 Å². The Morgan fingerprint density at radius 2 is 1.37 bits per heavy atom. The Balaban J connectivity index is 2.20. The molecule has 0 atom stereocenters. The molecule has 0 aliphatic rings. The van der Waals surface area contributed by atoms with Crippen LogP contribution in [0.15, 0.2) is 54.6 Å². The highest BCUT2D eigenvalue weighted by Crippen LogP contribution is 2.10. The number of hydrogen-bond donors (Lipinski definition) is 0. The smallest absolute Gasteiger partial charge is 0.233 e. The van der Waals surface area contributed by atoms with Crippen LogP contribution in [0.5, 0.6) is 0 Å². The number of Topliss-reactive ketones (excluding diaryl/α,β-unsaturated/α-hetero) is 2. The number of carbonyl (C=O) groups is 2. The fourth-order valence-corrected chi connectivity index (χ4v) is 1.72. The van der Waals surface area contributed by atoms with Crippen LogP contribution in [0.4, 0.5) is 0 Å². The van der Waals surface area contributed by atoms with Gasteiger partial charge in [0.25, 0.3) is 0 Å². The SMILES string of the molecule is N#CCc1ccc(C(=O)C(=O)c2ccccc2)cc1. The summed E-state index contributed by atoms with van der Waals surface area (Å²) in [7, 11) is 0. The second-order valence-electron chi connectivity index (χ2n) is 4.06. The van der Waals surface area contributed by atoms with E-state index in [1.165, 1.54) is 0 Å². The molecule has 0 aromatic heterocycles. The average molecular weight is 249 g/mol. The first-order valence-corrected chi connectivity index (χ1v) is 5.82. The molecule has 3 nitrogen and oxygen atoms in total. The van der Waals surface area contributed by atoms with Gasteiger partial charge in [0.05, 0.1) is 12.5 Å². The summed E-state index contributed by atoms with van der Waals surface area (Å²) in [6.07, 6.45) is 0.293. The molecule has 0 N–H and O–H groups in total. The van der Waals surface area contributed by atoms with Crippen molar-refractivity contribution in [1.82, 2.24) is 0 Å². The van der Waals surface area contributed by atoms with Crippen LogP contribution in [0.3, 0.4) is 0 Å². The number of ketones is 2. The van der Waals surface area contributed by atoms with Crippen molar-refractivity contribution in [2.75, 3.05) is 0 Å². The highest BCUT2D eigenvalue weighted by atomic mass is 16.2. The van der Waals surface area contributed by atoms with Crippen molar-refractivity contribution in [2.45, 2.75) is 6.42 Å². The first-order valence-electron chi connectivity index (χ1n) is 5.82. The van der Waals surface area contributed by atoms with Gasteiger partial charge in [-0.25, -0.2) is 0 Å². The monoisotopic (exact) mass is 249 g/mol. The van der Waals surface area contributed by atoms with Crippen LogP contribution in [0.25, 0.3) is 0 Å². The van der Waals surface area contributed by atoms with Crippen molar-refractivity contribution >= 4 is 11.6 Å². The van der Waals surface area contributed by atoms with Crippen molar-refractivity contribution < 1.29 is 9.59 Å². The predicted octanol–water partition coefficient (Wildman–Crippen LogP) is 2.82. The molecule has 0 fully saturated rings. The summed E-state index contributed by atoms with van der Waals surface area (Å²) in [6, 6.07) is 17.0. The van der Waals surface area contributed by atoms with Crippen LogP contribution in [0.2, 0.25) is 0 Å². The Kier molecular flexibility index (Phi) is 3.84. The number of nitrogens with zero attached hydrogens (tertiary/aromatic N) is 1. The van der Waals surface area contributed by atoms with Crippen LogP contribution in [0, 0.1) is 11.3 Å². The lowest BCUT2D eigenvalue weighted by atomic mass is 10.0. The van der Waals surface area contributed by atoms with Crippen LogP contribution in [-0.2, 0) is 6.42 Å². The second kappa shape index (κ2) is 5.74. The first-order chi connectivity index (χ1) is 9.22. The molecule has 0 aliphatic heterocycles. The summed E-state index contributed by atoms with van der Waals surface area (Å²) >= 11 is 0. The van der Waals surface area contributed by atoms with Gasteiger partial charge in [-0.3, -0.25) is 9.59 Å². The summed E-state index contributed by atoms with van der Waals surface area (Å²) < 4.78 is 0. The quantitative estimate of drug-likeness (QED) is 0.618. The lowest BCUT2D eigenvalue weighted by molar-refractivity contribution is 0.0817. The number of hydrogen-bond acceptors (Lipinski definition) is 3. The largest absolute Gasteiger partial charge is 0.285 e. The molecule has 2 aromatic rings. The third kappa shape index (κ3) is 2.93. The summed E-state index contributed by atoms with van der Waals surface area (Å²) in [5.74, 6) is -1.05. The minimum absolute atomic E-state index is 0.293. The summed E-state index contributed by atoms with van der Waals surface area (Å²) in [5.41, 5.74) is 1.55. The third-order valence-corrected chi connectivity index (χ3v) is 2.74. The van der Waals surface area contributed by atoms with E-state index in [1.54, 1.807) is 54.6 Å². The number of nitriles is 1. The molecule has 0 heterocycles. The van der Waals surface area contributed by atoms with Crippen molar-refractivity contribution in [3.8, 4) is 6.07 Å². The molecular weight excluding hydrogens is 238 g/mol. The van der Waals surface area contributed by atoms with Crippen molar-refractivity contribution in [2.24, 2.45) is 0 Å². The van der Waals surface area contributed by atoms with Gasteiger partial charge in [-0.15, -0.1) is 0 Å². The van der Waals surface area contributed by atoms with Crippen LogP contribution in [-0.4, -0.2) is 11.6 Å². The zero-order valence-corrected chi connectivity index (χ0v) is 10.2. The Morgan fingerprint density at radius 1 is 0.842 bits per heavy atom. The Bertz CT molecular complexity index is 637. The van der Waals surface area contributed by atoms with Crippen molar-refractivity contribution in [3.63, 3.8) is 0 Å². The maximum absolute atomic E-state index is 12.0. The van der Waals surface area contributed by atoms with Crippen LogP contribution < -0.4 is 0 Å². The lowest BCUT2D eigenvalue weighted by Gasteiger charge is -2.01. The zero-order valence-electron chi connectivity index (χ0n) is 10.2. The molecule has 0 saturated carbocycles. The Labute approximate surface area is 111 Å². The first kappa shape index (κ1) is 12.7. The molecule has 2 aromatic carbocycles. The van der Waals surface area contributed by atoms with E-state index in [0.29, 0.717) is 17.5 Å². The molecule has 0 saturated heterocycles. The molecule has 0 unspecified atom stereocenters. The fraction of sp³-hybridized carbons (Fsp3) is 0.0625. The average Bonchev–Trinajstić information content (AvgIpc) is 2.48. The minimum Gasteiger partial charge on any atom is -0.285 e. The maximum atomic E-state index is 12.0. The number of carbonyl (C=O) groups excluding carboxylic acids is 2. The van der Waals surface area contributed by atoms with Gasteiger partial charge in [-0.2, -0.15) is 5.26 Å².